The van der Waals surface area contributed by atoms with Gasteiger partial charge >= 0.3 is 0 Å². The molecular weight excluding hydrogens is 514 g/mol. The molecule has 1 saturated carbocycles. The molecule has 0 aliphatic heterocycles. The number of terminal acetylenes is 1. The van der Waals surface area contributed by atoms with Gasteiger partial charge in [0.2, 0.25) is 0 Å². The van der Waals surface area contributed by atoms with Crippen molar-refractivity contribution < 1.29 is 9.90 Å². The summed E-state index contributed by atoms with van der Waals surface area (Å²) in [5, 5.41) is 11.8. The third-order valence-electron chi connectivity index (χ3n) is 7.97. The third-order valence-corrected chi connectivity index (χ3v) is 7.97. The summed E-state index contributed by atoms with van der Waals surface area (Å²) in [6.07, 6.45) is 20.9. The topological polar surface area (TPSA) is 49.3 Å². The van der Waals surface area contributed by atoms with Crippen LogP contribution < -0.4 is 5.32 Å². The molecule has 2 aromatic rings. The molecule has 0 saturated heterocycles. The summed E-state index contributed by atoms with van der Waals surface area (Å²) >= 11 is 0. The van der Waals surface area contributed by atoms with Gasteiger partial charge in [0.15, 0.2) is 5.78 Å². The maximum Gasteiger partial charge on any atom is 0.162 e. The Balaban J connectivity index is 0.00000113. The fourth-order valence-corrected chi connectivity index (χ4v) is 5.34. The van der Waals surface area contributed by atoms with Crippen LogP contribution in [0.3, 0.4) is 0 Å². The number of hydrogen-bond donors (Lipinski definition) is 2. The number of carbonyl (C=O) groups excluding carboxylic acids is 1. The molecule has 0 spiro atoms. The number of allylic oxidation sites excluding steroid dienone is 7. The van der Waals surface area contributed by atoms with E-state index in [1.807, 2.05) is 25.1 Å². The molecule has 2 N–H and O–H groups in total. The van der Waals surface area contributed by atoms with E-state index < -0.39 is 0 Å². The summed E-state index contributed by atoms with van der Waals surface area (Å²) in [5.41, 5.74) is 10.7. The second kappa shape index (κ2) is 18.0. The van der Waals surface area contributed by atoms with E-state index in [0.717, 1.165) is 51.9 Å². The van der Waals surface area contributed by atoms with Gasteiger partial charge < -0.3 is 10.4 Å². The predicted octanol–water partition coefficient (Wildman–Crippen LogP) is 10.1. The number of benzene rings is 2. The van der Waals surface area contributed by atoms with Gasteiger partial charge in [0.05, 0.1) is 5.69 Å². The summed E-state index contributed by atoms with van der Waals surface area (Å²) in [4.78, 5) is 12.1. The van der Waals surface area contributed by atoms with Gasteiger partial charge in [-0.25, -0.2) is 0 Å². The van der Waals surface area contributed by atoms with Crippen molar-refractivity contribution in [1.82, 2.24) is 0 Å². The molecule has 0 heterocycles. The number of Topliss-reactive ketones (excluding diaryl/α,β-unsaturated/α-hetero) is 1. The quantitative estimate of drug-likeness (QED) is 0.162. The van der Waals surface area contributed by atoms with Gasteiger partial charge in [-0.15, -0.1) is 6.42 Å². The molecule has 0 aromatic heterocycles. The van der Waals surface area contributed by atoms with Gasteiger partial charge in [-0.1, -0.05) is 88.5 Å². The van der Waals surface area contributed by atoms with Crippen LogP contribution in [0.1, 0.15) is 119 Å². The third kappa shape index (κ3) is 10.0. The number of carbonyl (C=O) groups is 1. The first-order chi connectivity index (χ1) is 20.2. The minimum atomic E-state index is 0.175. The highest BCUT2D eigenvalue weighted by molar-refractivity contribution is 5.96. The van der Waals surface area contributed by atoms with Crippen LogP contribution in [0.2, 0.25) is 0 Å². The van der Waals surface area contributed by atoms with Crippen LogP contribution >= 0.6 is 0 Å². The van der Waals surface area contributed by atoms with Crippen LogP contribution in [0.5, 0.6) is 0 Å². The molecule has 3 nitrogen and oxygen atoms in total. The van der Waals surface area contributed by atoms with Crippen molar-refractivity contribution in [1.29, 1.82) is 0 Å². The number of rotatable bonds is 11. The lowest BCUT2D eigenvalue weighted by Crippen LogP contribution is -2.22. The molecule has 0 radical (unpaired) electrons. The SMILES string of the molecule is C#Cc1cc(C(=C/C=C)/C(C)=C(C)/C=C(\C)c2ccc(C(=O)CC)cc2C)ccc1NC1CCCCC1.CCCCO. The Bertz CT molecular complexity index is 1340. The van der Waals surface area contributed by atoms with Crippen LogP contribution in [0.4, 0.5) is 5.69 Å². The number of hydrogen-bond acceptors (Lipinski definition) is 3. The summed E-state index contributed by atoms with van der Waals surface area (Å²) in [5.74, 6) is 3.07. The predicted molar refractivity (Wildman–Crippen MR) is 183 cm³/mol. The first-order valence-electron chi connectivity index (χ1n) is 15.5. The normalized spacial score (nSPS) is 14.7. The van der Waals surface area contributed by atoms with Crippen LogP contribution in [0, 0.1) is 19.3 Å². The zero-order chi connectivity index (χ0) is 31.1. The lowest BCUT2D eigenvalue weighted by atomic mass is 9.91. The van der Waals surface area contributed by atoms with Crippen molar-refractivity contribution >= 4 is 22.6 Å². The number of ketones is 1. The fourth-order valence-electron chi connectivity index (χ4n) is 5.34. The molecular formula is C39H51NO2. The summed E-state index contributed by atoms with van der Waals surface area (Å²) in [7, 11) is 0. The van der Waals surface area contributed by atoms with E-state index in [-0.39, 0.29) is 5.78 Å². The second-order valence-corrected chi connectivity index (χ2v) is 11.2. The zero-order valence-corrected chi connectivity index (χ0v) is 26.8. The molecule has 0 amide bonds. The summed E-state index contributed by atoms with van der Waals surface area (Å²) in [6, 6.07) is 12.9. The average Bonchev–Trinajstić information content (AvgIpc) is 3.00. The minimum absolute atomic E-state index is 0.175. The fraction of sp³-hybridized carbons (Fsp3) is 0.410. The smallest absolute Gasteiger partial charge is 0.162 e. The van der Waals surface area contributed by atoms with Crippen molar-refractivity contribution in [3.8, 4) is 12.3 Å². The first-order valence-corrected chi connectivity index (χ1v) is 15.5. The van der Waals surface area contributed by atoms with E-state index in [0.29, 0.717) is 19.1 Å². The van der Waals surface area contributed by atoms with Gasteiger partial charge in [-0.3, -0.25) is 4.79 Å². The Labute approximate surface area is 255 Å². The molecule has 3 rings (SSSR count). The minimum Gasteiger partial charge on any atom is -0.396 e. The first kappa shape index (κ1) is 34.6. The molecule has 2 aromatic carbocycles. The molecule has 42 heavy (non-hydrogen) atoms. The van der Waals surface area contributed by atoms with Crippen molar-refractivity contribution in [3.63, 3.8) is 0 Å². The van der Waals surface area contributed by atoms with Gasteiger partial charge in [0.25, 0.3) is 0 Å². The number of aliphatic hydroxyl groups excluding tert-OH is 1. The number of unbranched alkanes of at least 4 members (excludes halogenated alkanes) is 1. The van der Waals surface area contributed by atoms with Crippen molar-refractivity contribution in [3.05, 3.63) is 100 Å². The highest BCUT2D eigenvalue weighted by atomic mass is 16.2. The molecule has 0 unspecified atom stereocenters. The number of aryl methyl sites for hydroxylation is 1. The van der Waals surface area contributed by atoms with Crippen LogP contribution in [0.15, 0.2) is 72.4 Å². The number of anilines is 1. The molecule has 1 aliphatic carbocycles. The zero-order valence-electron chi connectivity index (χ0n) is 26.8. The highest BCUT2D eigenvalue weighted by Crippen LogP contribution is 2.32. The maximum absolute atomic E-state index is 12.1. The molecule has 0 bridgehead atoms. The second-order valence-electron chi connectivity index (χ2n) is 11.2. The average molecular weight is 566 g/mol. The molecule has 3 heteroatoms. The van der Waals surface area contributed by atoms with Gasteiger partial charge in [-0.05, 0) is 104 Å². The van der Waals surface area contributed by atoms with Gasteiger partial charge in [0, 0.05) is 30.2 Å². The van der Waals surface area contributed by atoms with E-state index in [4.69, 9.17) is 11.5 Å². The molecule has 0 atom stereocenters. The molecule has 1 aliphatic rings. The van der Waals surface area contributed by atoms with Crippen molar-refractivity contribution in [2.45, 2.75) is 99.0 Å². The monoisotopic (exact) mass is 565 g/mol. The lowest BCUT2D eigenvalue weighted by Gasteiger charge is -2.25. The Morgan fingerprint density at radius 3 is 2.31 bits per heavy atom. The van der Waals surface area contributed by atoms with E-state index in [2.05, 4.69) is 88.9 Å². The molecule has 224 valence electrons. The van der Waals surface area contributed by atoms with E-state index >= 15 is 0 Å². The van der Waals surface area contributed by atoms with Crippen LogP contribution in [-0.2, 0) is 0 Å². The number of aliphatic hydroxyl groups is 1. The Morgan fingerprint density at radius 1 is 1.07 bits per heavy atom. The van der Waals surface area contributed by atoms with Crippen LogP contribution in [0.25, 0.3) is 11.1 Å². The highest BCUT2D eigenvalue weighted by Gasteiger charge is 2.16. The Kier molecular flexibility index (Phi) is 14.9. The van der Waals surface area contributed by atoms with E-state index in [9.17, 15) is 4.79 Å². The van der Waals surface area contributed by atoms with Crippen molar-refractivity contribution in [2.24, 2.45) is 0 Å². The van der Waals surface area contributed by atoms with E-state index in [1.165, 1.54) is 48.8 Å². The van der Waals surface area contributed by atoms with E-state index in [1.54, 1.807) is 0 Å². The van der Waals surface area contributed by atoms with Crippen LogP contribution in [-0.4, -0.2) is 23.5 Å². The lowest BCUT2D eigenvalue weighted by molar-refractivity contribution is 0.0988. The Hall–Kier alpha value is -3.61. The molecule has 1 fully saturated rings. The number of nitrogens with one attached hydrogen (secondary N) is 1. The maximum atomic E-state index is 12.1. The van der Waals surface area contributed by atoms with Gasteiger partial charge in [-0.2, -0.15) is 0 Å². The summed E-state index contributed by atoms with van der Waals surface area (Å²) in [6.45, 7) is 16.7. The largest absolute Gasteiger partial charge is 0.396 e. The standard InChI is InChI=1S/C35H41NO.C4H10O/c1-8-14-33(29-18-20-34(28(9-2)23-29)36-31-15-12-11-13-16-31)27(7)24(4)21-25(5)32-19-17-30(22-26(32)6)35(37)10-3;1-2-3-4-5/h2,8,14,17-23,31,36H,1,10-13,15-16H2,3-7H3;5H,2-4H2,1H3/b25-21+,27-24+,33-14+;. The van der Waals surface area contributed by atoms with Gasteiger partial charge in [0.1, 0.15) is 0 Å². The van der Waals surface area contributed by atoms with Crippen molar-refractivity contribution in [2.75, 3.05) is 11.9 Å². The summed E-state index contributed by atoms with van der Waals surface area (Å²) < 4.78 is 0. The Morgan fingerprint density at radius 2 is 1.76 bits per heavy atom.